The second-order valence-corrected chi connectivity index (χ2v) is 7.99. The van der Waals surface area contributed by atoms with Crippen molar-refractivity contribution in [1.82, 2.24) is 9.97 Å². The van der Waals surface area contributed by atoms with E-state index in [0.29, 0.717) is 31.0 Å². The van der Waals surface area contributed by atoms with Crippen molar-refractivity contribution in [2.24, 2.45) is 0 Å². The maximum atomic E-state index is 12.5. The van der Waals surface area contributed by atoms with E-state index in [2.05, 4.69) is 23.8 Å². The fourth-order valence-corrected chi connectivity index (χ4v) is 4.07. The van der Waals surface area contributed by atoms with E-state index in [0.717, 1.165) is 61.0 Å². The highest BCUT2D eigenvalue weighted by molar-refractivity contribution is 5.90. The van der Waals surface area contributed by atoms with E-state index < -0.39 is 0 Å². The van der Waals surface area contributed by atoms with Gasteiger partial charge in [-0.15, -0.1) is 0 Å². The molecule has 2 aromatic heterocycles. The number of nitrogens with one attached hydrogen (secondary N) is 2. The van der Waals surface area contributed by atoms with Gasteiger partial charge in [0.2, 0.25) is 0 Å². The third kappa shape index (κ3) is 5.81. The largest absolute Gasteiger partial charge is 0.461 e. The molecular formula is C25H38N2O4. The zero-order chi connectivity index (χ0) is 23.0. The number of rotatable bonds is 12. The predicted octanol–water partition coefficient (Wildman–Crippen LogP) is 5.59. The maximum absolute atomic E-state index is 12.5. The van der Waals surface area contributed by atoms with Crippen molar-refractivity contribution < 1.29 is 19.1 Å². The number of H-pyrrole nitrogens is 2. The second kappa shape index (κ2) is 11.8. The molecule has 0 aliphatic carbocycles. The van der Waals surface area contributed by atoms with E-state index in [1.165, 1.54) is 11.1 Å². The minimum Gasteiger partial charge on any atom is -0.461 e. The smallest absolute Gasteiger partial charge is 0.355 e. The number of unbranched alkanes of at least 4 members (excludes halogenated alkanes) is 2. The van der Waals surface area contributed by atoms with Gasteiger partial charge >= 0.3 is 11.9 Å². The normalized spacial score (nSPS) is 11.0. The predicted molar refractivity (Wildman–Crippen MR) is 123 cm³/mol. The lowest BCUT2D eigenvalue weighted by molar-refractivity contribution is 0.0510. The SMILES string of the molecule is CCCCc1c(Cc2[nH]c(C(=O)OCC)c(C)c2CCCC)[nH]c(C(=O)OCC)c1C. The molecular weight excluding hydrogens is 392 g/mol. The van der Waals surface area contributed by atoms with Gasteiger partial charge in [-0.3, -0.25) is 0 Å². The number of ether oxygens (including phenoxy) is 2. The first-order valence-electron chi connectivity index (χ1n) is 11.6. The summed E-state index contributed by atoms with van der Waals surface area (Å²) in [6.45, 7) is 12.6. The van der Waals surface area contributed by atoms with Crippen LogP contribution in [0.5, 0.6) is 0 Å². The molecule has 6 nitrogen and oxygen atoms in total. The molecule has 0 unspecified atom stereocenters. The Hall–Kier alpha value is -2.50. The van der Waals surface area contributed by atoms with E-state index in [4.69, 9.17) is 9.47 Å². The summed E-state index contributed by atoms with van der Waals surface area (Å²) < 4.78 is 10.5. The van der Waals surface area contributed by atoms with Crippen molar-refractivity contribution in [3.8, 4) is 0 Å². The van der Waals surface area contributed by atoms with E-state index >= 15 is 0 Å². The third-order valence-electron chi connectivity index (χ3n) is 5.81. The molecule has 0 spiro atoms. The van der Waals surface area contributed by atoms with Gasteiger partial charge in [0.1, 0.15) is 11.4 Å². The Morgan fingerprint density at radius 2 is 1.10 bits per heavy atom. The summed E-state index contributed by atoms with van der Waals surface area (Å²) >= 11 is 0. The van der Waals surface area contributed by atoms with E-state index in [1.807, 2.05) is 27.7 Å². The highest BCUT2D eigenvalue weighted by atomic mass is 16.5. The molecule has 0 radical (unpaired) electrons. The van der Waals surface area contributed by atoms with Crippen LogP contribution in [0.1, 0.15) is 108 Å². The quantitative estimate of drug-likeness (QED) is 0.430. The minimum absolute atomic E-state index is 0.315. The summed E-state index contributed by atoms with van der Waals surface area (Å²) in [4.78, 5) is 31.6. The van der Waals surface area contributed by atoms with Gasteiger partial charge in [0, 0.05) is 17.8 Å². The van der Waals surface area contributed by atoms with E-state index in [-0.39, 0.29) is 11.9 Å². The molecule has 31 heavy (non-hydrogen) atoms. The highest BCUT2D eigenvalue weighted by Crippen LogP contribution is 2.28. The van der Waals surface area contributed by atoms with Gasteiger partial charge in [-0.05, 0) is 75.6 Å². The number of carbonyl (C=O) groups is 2. The zero-order valence-corrected chi connectivity index (χ0v) is 20.0. The van der Waals surface area contributed by atoms with Crippen LogP contribution in [-0.4, -0.2) is 35.1 Å². The molecule has 0 atom stereocenters. The number of hydrogen-bond donors (Lipinski definition) is 2. The molecule has 2 aromatic rings. The fraction of sp³-hybridized carbons (Fsp3) is 0.600. The van der Waals surface area contributed by atoms with Crippen molar-refractivity contribution in [2.75, 3.05) is 13.2 Å². The van der Waals surface area contributed by atoms with Crippen molar-refractivity contribution in [2.45, 2.75) is 86.5 Å². The Labute approximate surface area is 186 Å². The van der Waals surface area contributed by atoms with Crippen molar-refractivity contribution >= 4 is 11.9 Å². The molecule has 0 aliphatic heterocycles. The summed E-state index contributed by atoms with van der Waals surface area (Å²) in [7, 11) is 0. The van der Waals surface area contributed by atoms with Crippen LogP contribution in [0.15, 0.2) is 0 Å². The Kier molecular flexibility index (Phi) is 9.41. The van der Waals surface area contributed by atoms with Crippen LogP contribution in [0.25, 0.3) is 0 Å². The molecule has 2 rings (SSSR count). The average molecular weight is 431 g/mol. The first kappa shape index (κ1) is 24.8. The Bertz CT molecular complexity index is 820. The van der Waals surface area contributed by atoms with E-state index in [9.17, 15) is 9.59 Å². The first-order valence-corrected chi connectivity index (χ1v) is 11.6. The van der Waals surface area contributed by atoms with Gasteiger partial charge in [0.25, 0.3) is 0 Å². The average Bonchev–Trinajstić information content (AvgIpc) is 3.22. The number of aromatic amines is 2. The number of aromatic nitrogens is 2. The monoisotopic (exact) mass is 430 g/mol. The van der Waals surface area contributed by atoms with Crippen LogP contribution in [0.4, 0.5) is 0 Å². The van der Waals surface area contributed by atoms with Gasteiger partial charge in [0.15, 0.2) is 0 Å². The van der Waals surface area contributed by atoms with Crippen LogP contribution in [0.2, 0.25) is 0 Å². The Morgan fingerprint density at radius 1 is 0.710 bits per heavy atom. The molecule has 0 saturated heterocycles. The second-order valence-electron chi connectivity index (χ2n) is 7.99. The molecule has 0 fully saturated rings. The van der Waals surface area contributed by atoms with Crippen LogP contribution < -0.4 is 0 Å². The molecule has 0 aliphatic rings. The van der Waals surface area contributed by atoms with Gasteiger partial charge in [-0.25, -0.2) is 9.59 Å². The molecule has 0 aromatic carbocycles. The lowest BCUT2D eigenvalue weighted by Crippen LogP contribution is -2.07. The maximum Gasteiger partial charge on any atom is 0.355 e. The molecule has 2 heterocycles. The third-order valence-corrected chi connectivity index (χ3v) is 5.81. The first-order chi connectivity index (χ1) is 14.9. The summed E-state index contributed by atoms with van der Waals surface area (Å²) in [5.74, 6) is -0.629. The van der Waals surface area contributed by atoms with Gasteiger partial charge < -0.3 is 19.4 Å². The molecule has 172 valence electrons. The number of esters is 2. The molecule has 0 amide bonds. The molecule has 0 bridgehead atoms. The Balaban J connectivity index is 2.49. The molecule has 6 heteroatoms. The topological polar surface area (TPSA) is 84.2 Å². The number of hydrogen-bond acceptors (Lipinski definition) is 4. The summed E-state index contributed by atoms with van der Waals surface area (Å²) in [5.41, 5.74) is 7.38. The lowest BCUT2D eigenvalue weighted by Gasteiger charge is -2.08. The van der Waals surface area contributed by atoms with Crippen LogP contribution >= 0.6 is 0 Å². The zero-order valence-electron chi connectivity index (χ0n) is 20.0. The van der Waals surface area contributed by atoms with Crippen molar-refractivity contribution in [3.05, 3.63) is 45.0 Å². The van der Waals surface area contributed by atoms with Gasteiger partial charge in [-0.2, -0.15) is 0 Å². The highest BCUT2D eigenvalue weighted by Gasteiger charge is 2.24. The minimum atomic E-state index is -0.315. The molecule has 0 saturated carbocycles. The fourth-order valence-electron chi connectivity index (χ4n) is 4.07. The summed E-state index contributed by atoms with van der Waals surface area (Å²) in [6.07, 6.45) is 6.68. The van der Waals surface area contributed by atoms with Crippen molar-refractivity contribution in [3.63, 3.8) is 0 Å². The lowest BCUT2D eigenvalue weighted by atomic mass is 9.98. The van der Waals surface area contributed by atoms with Crippen molar-refractivity contribution in [1.29, 1.82) is 0 Å². The van der Waals surface area contributed by atoms with Crippen LogP contribution in [0.3, 0.4) is 0 Å². The summed E-state index contributed by atoms with van der Waals surface area (Å²) in [5, 5.41) is 0. The standard InChI is InChI=1S/C25H38N2O4/c1-7-11-13-18-16(5)22(24(28)30-9-3)26-20(18)15-21-19(14-12-8-2)17(6)23(27-21)25(29)31-10-4/h26-27H,7-15H2,1-6H3. The van der Waals surface area contributed by atoms with Crippen LogP contribution in [-0.2, 0) is 28.7 Å². The molecule has 2 N–H and O–H groups in total. The van der Waals surface area contributed by atoms with Gasteiger partial charge in [0.05, 0.1) is 13.2 Å². The Morgan fingerprint density at radius 3 is 1.42 bits per heavy atom. The van der Waals surface area contributed by atoms with E-state index in [1.54, 1.807) is 0 Å². The van der Waals surface area contributed by atoms with Gasteiger partial charge in [-0.1, -0.05) is 26.7 Å². The van der Waals surface area contributed by atoms with Crippen LogP contribution in [0, 0.1) is 13.8 Å². The summed E-state index contributed by atoms with van der Waals surface area (Å²) in [6, 6.07) is 0. The number of carbonyl (C=O) groups excluding carboxylic acids is 2.